The average Bonchev–Trinajstić information content (AvgIpc) is 2.67. The average molecular weight is 274 g/mol. The van der Waals surface area contributed by atoms with Crippen molar-refractivity contribution in [2.24, 2.45) is 0 Å². The quantitative estimate of drug-likeness (QED) is 0.866. The van der Waals surface area contributed by atoms with Gasteiger partial charge in [-0.25, -0.2) is 14.8 Å². The smallest absolute Gasteiger partial charge is 0.410 e. The molecule has 1 saturated heterocycles. The molecule has 0 spiro atoms. The standard InChI is InChI=1S/C14H18N4O2/c1-14(2,3)20-13(19)18-7-9(8-18)11-16-10-5-4-6-15-12(10)17-11/h4-6,9H,7-8H2,1-3H3,(H,15,16,17). The van der Waals surface area contributed by atoms with E-state index >= 15 is 0 Å². The summed E-state index contributed by atoms with van der Waals surface area (Å²) >= 11 is 0. The van der Waals surface area contributed by atoms with Gasteiger partial charge in [0.05, 0.1) is 11.4 Å². The Morgan fingerprint density at radius 3 is 2.85 bits per heavy atom. The van der Waals surface area contributed by atoms with Gasteiger partial charge in [-0.05, 0) is 32.9 Å². The number of aromatic nitrogens is 3. The Bertz CT molecular complexity index is 605. The molecule has 1 fully saturated rings. The van der Waals surface area contributed by atoms with Crippen LogP contribution in [0.2, 0.25) is 0 Å². The maximum absolute atomic E-state index is 11.9. The van der Waals surface area contributed by atoms with Gasteiger partial charge in [-0.1, -0.05) is 0 Å². The number of H-pyrrole nitrogens is 1. The predicted molar refractivity (Wildman–Crippen MR) is 74.4 cm³/mol. The second kappa shape index (κ2) is 4.47. The number of fused-ring (bicyclic) bond motifs is 1. The number of rotatable bonds is 1. The number of nitrogens with one attached hydrogen (secondary N) is 1. The van der Waals surface area contributed by atoms with E-state index in [0.717, 1.165) is 17.0 Å². The number of nitrogens with zero attached hydrogens (tertiary/aromatic N) is 3. The van der Waals surface area contributed by atoms with Crippen LogP contribution in [0, 0.1) is 0 Å². The molecule has 0 saturated carbocycles. The van der Waals surface area contributed by atoms with Crippen LogP contribution in [0.5, 0.6) is 0 Å². The zero-order chi connectivity index (χ0) is 14.3. The summed E-state index contributed by atoms with van der Waals surface area (Å²) in [6.07, 6.45) is 1.46. The molecule has 0 aliphatic carbocycles. The van der Waals surface area contributed by atoms with Crippen LogP contribution in [-0.2, 0) is 4.74 Å². The van der Waals surface area contributed by atoms with Gasteiger partial charge < -0.3 is 14.6 Å². The van der Waals surface area contributed by atoms with Gasteiger partial charge in [0.15, 0.2) is 5.65 Å². The lowest BCUT2D eigenvalue weighted by molar-refractivity contribution is 0.00761. The summed E-state index contributed by atoms with van der Waals surface area (Å²) in [5.74, 6) is 1.12. The summed E-state index contributed by atoms with van der Waals surface area (Å²) in [4.78, 5) is 25.4. The summed E-state index contributed by atoms with van der Waals surface area (Å²) in [5, 5.41) is 0. The zero-order valence-electron chi connectivity index (χ0n) is 11.9. The molecule has 2 aromatic heterocycles. The second-order valence-electron chi connectivity index (χ2n) is 6.08. The van der Waals surface area contributed by atoms with Gasteiger partial charge in [-0.15, -0.1) is 0 Å². The van der Waals surface area contributed by atoms with Gasteiger partial charge in [0.1, 0.15) is 11.4 Å². The molecule has 106 valence electrons. The number of likely N-dealkylation sites (tertiary alicyclic amines) is 1. The van der Waals surface area contributed by atoms with Crippen molar-refractivity contribution < 1.29 is 9.53 Å². The molecule has 1 amide bonds. The summed E-state index contributed by atoms with van der Waals surface area (Å²) in [5.41, 5.74) is 1.20. The fraction of sp³-hybridized carbons (Fsp3) is 0.500. The molecule has 20 heavy (non-hydrogen) atoms. The Morgan fingerprint density at radius 1 is 1.45 bits per heavy atom. The molecule has 0 radical (unpaired) electrons. The molecule has 0 unspecified atom stereocenters. The molecule has 6 nitrogen and oxygen atoms in total. The summed E-state index contributed by atoms with van der Waals surface area (Å²) < 4.78 is 5.33. The van der Waals surface area contributed by atoms with E-state index in [9.17, 15) is 4.79 Å². The molecule has 3 rings (SSSR count). The Labute approximate surface area is 117 Å². The Balaban J connectivity index is 1.64. The topological polar surface area (TPSA) is 71.1 Å². The van der Waals surface area contributed by atoms with Crippen molar-refractivity contribution in [1.82, 2.24) is 19.9 Å². The number of pyridine rings is 1. The predicted octanol–water partition coefficient (Wildman–Crippen LogP) is 2.29. The van der Waals surface area contributed by atoms with Crippen LogP contribution in [0.3, 0.4) is 0 Å². The number of hydrogen-bond acceptors (Lipinski definition) is 4. The first-order valence-corrected chi connectivity index (χ1v) is 6.71. The van der Waals surface area contributed by atoms with Gasteiger partial charge in [-0.2, -0.15) is 0 Å². The summed E-state index contributed by atoms with van der Waals surface area (Å²) in [6.45, 7) is 6.87. The van der Waals surface area contributed by atoms with Crippen molar-refractivity contribution in [2.75, 3.05) is 13.1 Å². The van der Waals surface area contributed by atoms with Crippen LogP contribution < -0.4 is 0 Å². The summed E-state index contributed by atoms with van der Waals surface area (Å²) in [6, 6.07) is 3.82. The van der Waals surface area contributed by atoms with E-state index in [-0.39, 0.29) is 12.0 Å². The summed E-state index contributed by atoms with van der Waals surface area (Å²) in [7, 11) is 0. The third-order valence-electron chi connectivity index (χ3n) is 3.20. The monoisotopic (exact) mass is 274 g/mol. The number of amides is 1. The van der Waals surface area contributed by atoms with E-state index < -0.39 is 5.60 Å². The molecule has 1 aliphatic heterocycles. The van der Waals surface area contributed by atoms with Crippen LogP contribution >= 0.6 is 0 Å². The van der Waals surface area contributed by atoms with Gasteiger partial charge >= 0.3 is 6.09 Å². The van der Waals surface area contributed by atoms with Crippen LogP contribution in [0.1, 0.15) is 32.5 Å². The van der Waals surface area contributed by atoms with Gasteiger partial charge in [0, 0.05) is 19.3 Å². The van der Waals surface area contributed by atoms with E-state index in [4.69, 9.17) is 4.74 Å². The van der Waals surface area contributed by atoms with E-state index in [0.29, 0.717) is 13.1 Å². The minimum atomic E-state index is -0.453. The minimum absolute atomic E-state index is 0.233. The lowest BCUT2D eigenvalue weighted by Gasteiger charge is -2.38. The number of carbonyl (C=O) groups is 1. The molecule has 3 heterocycles. The van der Waals surface area contributed by atoms with Crippen LogP contribution in [0.15, 0.2) is 18.3 Å². The van der Waals surface area contributed by atoms with Crippen LogP contribution in [0.4, 0.5) is 4.79 Å². The molecule has 0 bridgehead atoms. The maximum atomic E-state index is 11.9. The Morgan fingerprint density at radius 2 is 2.20 bits per heavy atom. The maximum Gasteiger partial charge on any atom is 0.410 e. The first-order valence-electron chi connectivity index (χ1n) is 6.71. The minimum Gasteiger partial charge on any atom is -0.444 e. The first-order chi connectivity index (χ1) is 9.42. The number of imidazole rings is 1. The van der Waals surface area contributed by atoms with Gasteiger partial charge in [0.2, 0.25) is 0 Å². The highest BCUT2D eigenvalue weighted by molar-refractivity contribution is 5.71. The van der Waals surface area contributed by atoms with Crippen molar-refractivity contribution in [3.05, 3.63) is 24.2 Å². The van der Waals surface area contributed by atoms with Crippen molar-refractivity contribution in [3.8, 4) is 0 Å². The lowest BCUT2D eigenvalue weighted by atomic mass is 10.0. The number of hydrogen-bond donors (Lipinski definition) is 1. The Hall–Kier alpha value is -2.11. The van der Waals surface area contributed by atoms with E-state index in [2.05, 4.69) is 15.0 Å². The fourth-order valence-electron chi connectivity index (χ4n) is 2.18. The van der Waals surface area contributed by atoms with Gasteiger partial charge in [-0.3, -0.25) is 0 Å². The molecule has 6 heteroatoms. The number of ether oxygens (including phenoxy) is 1. The zero-order valence-corrected chi connectivity index (χ0v) is 11.9. The van der Waals surface area contributed by atoms with Crippen LogP contribution in [0.25, 0.3) is 11.2 Å². The molecular weight excluding hydrogens is 256 g/mol. The third-order valence-corrected chi connectivity index (χ3v) is 3.20. The fourth-order valence-corrected chi connectivity index (χ4v) is 2.18. The van der Waals surface area contributed by atoms with Crippen molar-refractivity contribution in [2.45, 2.75) is 32.3 Å². The normalized spacial score (nSPS) is 16.2. The van der Waals surface area contributed by atoms with E-state index in [1.165, 1.54) is 0 Å². The highest BCUT2D eigenvalue weighted by Crippen LogP contribution is 2.27. The highest BCUT2D eigenvalue weighted by atomic mass is 16.6. The number of carbonyl (C=O) groups excluding carboxylic acids is 1. The largest absolute Gasteiger partial charge is 0.444 e. The van der Waals surface area contributed by atoms with Crippen molar-refractivity contribution in [3.63, 3.8) is 0 Å². The van der Waals surface area contributed by atoms with Gasteiger partial charge in [0.25, 0.3) is 0 Å². The first kappa shape index (κ1) is 12.9. The lowest BCUT2D eigenvalue weighted by Crippen LogP contribution is -2.50. The molecular formula is C14H18N4O2. The van der Waals surface area contributed by atoms with Crippen molar-refractivity contribution >= 4 is 17.3 Å². The van der Waals surface area contributed by atoms with Crippen molar-refractivity contribution in [1.29, 1.82) is 0 Å². The highest BCUT2D eigenvalue weighted by Gasteiger charge is 2.36. The Kier molecular flexibility index (Phi) is 2.88. The molecule has 1 N–H and O–H groups in total. The van der Waals surface area contributed by atoms with E-state index in [1.807, 2.05) is 32.9 Å². The molecule has 0 aromatic carbocycles. The SMILES string of the molecule is CC(C)(C)OC(=O)N1CC(c2nc3ncccc3[nH]2)C1. The van der Waals surface area contributed by atoms with Crippen LogP contribution in [-0.4, -0.2) is 44.6 Å². The molecule has 0 atom stereocenters. The molecule has 2 aromatic rings. The van der Waals surface area contributed by atoms with E-state index in [1.54, 1.807) is 11.1 Å². The second-order valence-corrected chi connectivity index (χ2v) is 6.08. The number of aromatic amines is 1. The molecule has 1 aliphatic rings. The third kappa shape index (κ3) is 2.45.